The zero-order chi connectivity index (χ0) is 14.4. The van der Waals surface area contributed by atoms with Gasteiger partial charge in [-0.25, -0.2) is 9.79 Å². The van der Waals surface area contributed by atoms with Crippen LogP contribution in [-0.2, 0) is 14.3 Å². The Morgan fingerprint density at radius 3 is 2.90 bits per heavy atom. The fourth-order valence-electron chi connectivity index (χ4n) is 1.74. The largest absolute Gasteiger partial charge is 0.493 e. The standard InChI is InChI=1S/C15H17NO4/c1-3-4-9-19-12-7-5-11(6-8-12)14-16-13(10-20-14)15(17)18-2/h3,5-8,13H,1,4,9-10H2,2H3/t13-/m1/s1. The van der Waals surface area contributed by atoms with Crippen LogP contribution in [0.3, 0.4) is 0 Å². The van der Waals surface area contributed by atoms with Gasteiger partial charge in [-0.1, -0.05) is 6.08 Å². The Bertz CT molecular complexity index is 507. The van der Waals surface area contributed by atoms with E-state index in [0.717, 1.165) is 17.7 Å². The summed E-state index contributed by atoms with van der Waals surface area (Å²) in [5.41, 5.74) is 0.812. The van der Waals surface area contributed by atoms with Crippen molar-refractivity contribution in [3.63, 3.8) is 0 Å². The lowest BCUT2D eigenvalue weighted by Crippen LogP contribution is -2.21. The maximum absolute atomic E-state index is 11.4. The molecular formula is C15H17NO4. The molecule has 20 heavy (non-hydrogen) atoms. The summed E-state index contributed by atoms with van der Waals surface area (Å²) in [6.07, 6.45) is 2.61. The fourth-order valence-corrected chi connectivity index (χ4v) is 1.74. The van der Waals surface area contributed by atoms with Crippen LogP contribution in [0.25, 0.3) is 0 Å². The molecule has 0 aromatic heterocycles. The van der Waals surface area contributed by atoms with E-state index in [0.29, 0.717) is 12.5 Å². The van der Waals surface area contributed by atoms with Gasteiger partial charge in [0.15, 0.2) is 6.04 Å². The summed E-state index contributed by atoms with van der Waals surface area (Å²) in [7, 11) is 1.34. The Labute approximate surface area is 117 Å². The van der Waals surface area contributed by atoms with Crippen molar-refractivity contribution in [1.82, 2.24) is 0 Å². The van der Waals surface area contributed by atoms with E-state index >= 15 is 0 Å². The van der Waals surface area contributed by atoms with E-state index in [1.807, 2.05) is 30.3 Å². The number of nitrogens with zero attached hydrogens (tertiary/aromatic N) is 1. The highest BCUT2D eigenvalue weighted by atomic mass is 16.5. The van der Waals surface area contributed by atoms with Crippen LogP contribution in [0.4, 0.5) is 0 Å². The van der Waals surface area contributed by atoms with Crippen LogP contribution in [0.2, 0.25) is 0 Å². The SMILES string of the molecule is C=CCCOc1ccc(C2=N[C@@H](C(=O)OC)CO2)cc1. The molecule has 0 saturated heterocycles. The summed E-state index contributed by atoms with van der Waals surface area (Å²) < 4.78 is 15.6. The van der Waals surface area contributed by atoms with Crippen molar-refractivity contribution >= 4 is 11.9 Å². The van der Waals surface area contributed by atoms with Crippen LogP contribution in [-0.4, -0.2) is 38.2 Å². The lowest BCUT2D eigenvalue weighted by molar-refractivity contribution is -0.142. The highest BCUT2D eigenvalue weighted by molar-refractivity contribution is 5.97. The molecule has 0 N–H and O–H groups in total. The number of carbonyl (C=O) groups excluding carboxylic acids is 1. The number of hydrogen-bond acceptors (Lipinski definition) is 5. The van der Waals surface area contributed by atoms with Crippen LogP contribution in [0, 0.1) is 0 Å². The summed E-state index contributed by atoms with van der Waals surface area (Å²) in [5.74, 6) is 0.848. The van der Waals surface area contributed by atoms with Gasteiger partial charge in [0, 0.05) is 5.56 Å². The molecule has 106 valence electrons. The van der Waals surface area contributed by atoms with Gasteiger partial charge in [0.25, 0.3) is 0 Å². The molecule has 1 aromatic rings. The maximum Gasteiger partial charge on any atom is 0.334 e. The van der Waals surface area contributed by atoms with Crippen LogP contribution >= 0.6 is 0 Å². The molecule has 0 saturated carbocycles. The average Bonchev–Trinajstić information content (AvgIpc) is 2.97. The summed E-state index contributed by atoms with van der Waals surface area (Å²) in [6.45, 7) is 4.46. The van der Waals surface area contributed by atoms with Crippen molar-refractivity contribution in [2.75, 3.05) is 20.3 Å². The molecule has 1 atom stereocenters. The number of carbonyl (C=O) groups is 1. The molecule has 1 aliphatic rings. The third-order valence-corrected chi connectivity index (χ3v) is 2.82. The molecule has 0 spiro atoms. The van der Waals surface area contributed by atoms with Crippen LogP contribution in [0.15, 0.2) is 41.9 Å². The molecule has 0 aliphatic carbocycles. The molecule has 1 heterocycles. The normalized spacial score (nSPS) is 17.1. The molecule has 1 aliphatic heterocycles. The van der Waals surface area contributed by atoms with Gasteiger partial charge in [0.1, 0.15) is 12.4 Å². The van der Waals surface area contributed by atoms with Crippen LogP contribution in [0.1, 0.15) is 12.0 Å². The molecule has 1 aromatic carbocycles. The second-order valence-corrected chi connectivity index (χ2v) is 4.23. The highest BCUT2D eigenvalue weighted by Crippen LogP contribution is 2.17. The quantitative estimate of drug-likeness (QED) is 0.452. The topological polar surface area (TPSA) is 57.1 Å². The first-order valence-electron chi connectivity index (χ1n) is 6.37. The molecule has 5 heteroatoms. The summed E-state index contributed by atoms with van der Waals surface area (Å²) in [5, 5.41) is 0. The number of esters is 1. The van der Waals surface area contributed by atoms with E-state index in [-0.39, 0.29) is 12.6 Å². The Kier molecular flexibility index (Phi) is 4.76. The number of ether oxygens (including phenoxy) is 3. The molecule has 5 nitrogen and oxygen atoms in total. The average molecular weight is 275 g/mol. The van der Waals surface area contributed by atoms with Crippen LogP contribution < -0.4 is 4.74 Å². The monoisotopic (exact) mass is 275 g/mol. The van der Waals surface area contributed by atoms with Crippen molar-refractivity contribution < 1.29 is 19.0 Å². The maximum atomic E-state index is 11.4. The smallest absolute Gasteiger partial charge is 0.334 e. The molecule has 0 unspecified atom stereocenters. The van der Waals surface area contributed by atoms with Crippen LogP contribution in [0.5, 0.6) is 5.75 Å². The third kappa shape index (κ3) is 3.38. The molecule has 0 radical (unpaired) electrons. The Morgan fingerprint density at radius 1 is 1.50 bits per heavy atom. The number of benzene rings is 1. The Morgan fingerprint density at radius 2 is 2.25 bits per heavy atom. The van der Waals surface area contributed by atoms with Gasteiger partial charge in [0.2, 0.25) is 5.90 Å². The van der Waals surface area contributed by atoms with Crippen molar-refractivity contribution in [3.8, 4) is 5.75 Å². The van der Waals surface area contributed by atoms with E-state index in [4.69, 9.17) is 9.47 Å². The second-order valence-electron chi connectivity index (χ2n) is 4.23. The summed E-state index contributed by atoms with van der Waals surface area (Å²) in [6, 6.07) is 6.81. The third-order valence-electron chi connectivity index (χ3n) is 2.82. The van der Waals surface area contributed by atoms with Gasteiger partial charge in [-0.3, -0.25) is 0 Å². The van der Waals surface area contributed by atoms with Crippen molar-refractivity contribution in [1.29, 1.82) is 0 Å². The molecule has 0 amide bonds. The van der Waals surface area contributed by atoms with E-state index in [9.17, 15) is 4.79 Å². The fraction of sp³-hybridized carbons (Fsp3) is 0.333. The van der Waals surface area contributed by atoms with Gasteiger partial charge in [-0.2, -0.15) is 0 Å². The zero-order valence-electron chi connectivity index (χ0n) is 11.4. The van der Waals surface area contributed by atoms with Gasteiger partial charge in [-0.05, 0) is 30.7 Å². The summed E-state index contributed by atoms with van der Waals surface area (Å²) in [4.78, 5) is 15.6. The predicted octanol–water partition coefficient (Wildman–Crippen LogP) is 1.96. The molecular weight excluding hydrogens is 258 g/mol. The second kappa shape index (κ2) is 6.75. The first-order chi connectivity index (χ1) is 9.74. The lowest BCUT2D eigenvalue weighted by Gasteiger charge is -2.05. The minimum Gasteiger partial charge on any atom is -0.493 e. The first-order valence-corrected chi connectivity index (χ1v) is 6.37. The first kappa shape index (κ1) is 14.1. The van der Waals surface area contributed by atoms with Crippen molar-refractivity contribution in [3.05, 3.63) is 42.5 Å². The molecule has 2 rings (SSSR count). The van der Waals surface area contributed by atoms with E-state index < -0.39 is 6.04 Å². The minimum absolute atomic E-state index is 0.222. The summed E-state index contributed by atoms with van der Waals surface area (Å²) >= 11 is 0. The van der Waals surface area contributed by atoms with E-state index in [2.05, 4.69) is 16.3 Å². The predicted molar refractivity (Wildman–Crippen MR) is 75.0 cm³/mol. The van der Waals surface area contributed by atoms with E-state index in [1.165, 1.54) is 7.11 Å². The number of aliphatic imine (C=N–C) groups is 1. The van der Waals surface area contributed by atoms with Crippen molar-refractivity contribution in [2.45, 2.75) is 12.5 Å². The highest BCUT2D eigenvalue weighted by Gasteiger charge is 2.27. The van der Waals surface area contributed by atoms with Gasteiger partial charge in [0.05, 0.1) is 13.7 Å². The van der Waals surface area contributed by atoms with E-state index in [1.54, 1.807) is 0 Å². The van der Waals surface area contributed by atoms with Gasteiger partial charge >= 0.3 is 5.97 Å². The Hall–Kier alpha value is -2.30. The van der Waals surface area contributed by atoms with Gasteiger partial charge in [-0.15, -0.1) is 6.58 Å². The Balaban J connectivity index is 2.00. The number of methoxy groups -OCH3 is 1. The van der Waals surface area contributed by atoms with Gasteiger partial charge < -0.3 is 14.2 Å². The lowest BCUT2D eigenvalue weighted by atomic mass is 10.2. The minimum atomic E-state index is -0.571. The number of hydrogen-bond donors (Lipinski definition) is 0. The zero-order valence-corrected chi connectivity index (χ0v) is 11.4. The molecule has 0 fully saturated rings. The van der Waals surface area contributed by atoms with Crippen molar-refractivity contribution in [2.24, 2.45) is 4.99 Å². The number of rotatable bonds is 6. The molecule has 0 bridgehead atoms.